The van der Waals surface area contributed by atoms with E-state index in [1.54, 1.807) is 30.3 Å². The van der Waals surface area contributed by atoms with Crippen molar-refractivity contribution in [2.45, 2.75) is 5.72 Å². The van der Waals surface area contributed by atoms with Gasteiger partial charge in [0.1, 0.15) is 0 Å². The summed E-state index contributed by atoms with van der Waals surface area (Å²) in [5.74, 6) is -0.735. The van der Waals surface area contributed by atoms with Gasteiger partial charge in [-0.3, -0.25) is 14.9 Å². The highest BCUT2D eigenvalue weighted by Gasteiger charge is 2.37. The maximum Gasteiger partial charge on any atom is 0.361 e. The fourth-order valence-electron chi connectivity index (χ4n) is 1.70. The van der Waals surface area contributed by atoms with Gasteiger partial charge in [-0.25, -0.2) is 0 Å². The number of carbonyl (C=O) groups is 1. The summed E-state index contributed by atoms with van der Waals surface area (Å²) in [7, 11) is 0. The molecule has 0 radical (unpaired) electrons. The van der Waals surface area contributed by atoms with Crippen molar-refractivity contribution in [3.05, 3.63) is 70.3 Å². The Morgan fingerprint density at radius 1 is 1.22 bits per heavy atom. The molecule has 0 amide bonds. The number of allylic oxidation sites excluding steroid dienone is 2. The molecule has 5 nitrogen and oxygen atoms in total. The molecule has 0 saturated heterocycles. The second-order valence-electron chi connectivity index (χ2n) is 4.01. The van der Waals surface area contributed by atoms with Gasteiger partial charge in [0, 0.05) is 17.7 Å². The highest BCUT2D eigenvalue weighted by atomic mass is 16.7. The number of nitrogens with zero attached hydrogens (tertiary/aromatic N) is 1. The highest BCUT2D eigenvalue weighted by Crippen LogP contribution is 2.22. The van der Waals surface area contributed by atoms with E-state index in [-0.39, 0.29) is 5.78 Å². The molecule has 0 fully saturated rings. The van der Waals surface area contributed by atoms with Gasteiger partial charge < -0.3 is 5.11 Å². The normalized spacial score (nSPS) is 25.9. The van der Waals surface area contributed by atoms with Crippen LogP contribution in [0.25, 0.3) is 0 Å². The maximum atomic E-state index is 12.0. The molecule has 0 unspecified atom stereocenters. The smallest absolute Gasteiger partial charge is 0.324 e. The Labute approximate surface area is 103 Å². The van der Waals surface area contributed by atoms with Crippen molar-refractivity contribution in [2.24, 2.45) is 5.92 Å². The van der Waals surface area contributed by atoms with E-state index in [4.69, 9.17) is 0 Å². The second kappa shape index (κ2) is 4.54. The number of aliphatic hydroxyl groups is 1. The maximum absolute atomic E-state index is 12.0. The lowest BCUT2D eigenvalue weighted by Crippen LogP contribution is -2.35. The van der Waals surface area contributed by atoms with Crippen LogP contribution in [0.4, 0.5) is 0 Å². The van der Waals surface area contributed by atoms with E-state index < -0.39 is 16.6 Å². The van der Waals surface area contributed by atoms with Crippen molar-refractivity contribution in [2.75, 3.05) is 0 Å². The standard InChI is InChI=1S/C13H11NO4/c15-12(10-4-2-1-3-5-10)11-6-8-13(16,9-7-11)14(17)18/h1-9,11,16H. The zero-order valence-electron chi connectivity index (χ0n) is 9.39. The Morgan fingerprint density at radius 3 is 2.28 bits per heavy atom. The molecule has 0 saturated carbocycles. The molecule has 1 aromatic rings. The summed E-state index contributed by atoms with van der Waals surface area (Å²) < 4.78 is 0. The Morgan fingerprint density at radius 2 is 1.78 bits per heavy atom. The van der Waals surface area contributed by atoms with Crippen molar-refractivity contribution >= 4 is 5.78 Å². The van der Waals surface area contributed by atoms with Crippen LogP contribution in [0.5, 0.6) is 0 Å². The number of ketones is 1. The molecule has 92 valence electrons. The van der Waals surface area contributed by atoms with E-state index >= 15 is 0 Å². The predicted molar refractivity (Wildman–Crippen MR) is 64.5 cm³/mol. The van der Waals surface area contributed by atoms with Crippen LogP contribution >= 0.6 is 0 Å². The average molecular weight is 245 g/mol. The molecule has 0 aromatic heterocycles. The third kappa shape index (κ3) is 2.21. The molecule has 0 heterocycles. The Bertz CT molecular complexity index is 519. The van der Waals surface area contributed by atoms with Crippen LogP contribution < -0.4 is 0 Å². The quantitative estimate of drug-likeness (QED) is 0.288. The van der Waals surface area contributed by atoms with Gasteiger partial charge in [-0.05, 0) is 0 Å². The molecular formula is C13H11NO4. The molecule has 0 bridgehead atoms. The third-order valence-electron chi connectivity index (χ3n) is 2.75. The largest absolute Gasteiger partial charge is 0.361 e. The van der Waals surface area contributed by atoms with Gasteiger partial charge in [-0.1, -0.05) is 42.5 Å². The Balaban J connectivity index is 2.18. The third-order valence-corrected chi connectivity index (χ3v) is 2.75. The lowest BCUT2D eigenvalue weighted by Gasteiger charge is -2.17. The van der Waals surface area contributed by atoms with Crippen molar-refractivity contribution < 1.29 is 14.8 Å². The summed E-state index contributed by atoms with van der Waals surface area (Å²) in [6.45, 7) is 0. The zero-order valence-corrected chi connectivity index (χ0v) is 9.39. The first-order valence-electron chi connectivity index (χ1n) is 5.38. The second-order valence-corrected chi connectivity index (χ2v) is 4.01. The zero-order chi connectivity index (χ0) is 13.2. The first-order chi connectivity index (χ1) is 8.53. The highest BCUT2D eigenvalue weighted by molar-refractivity contribution is 6.00. The van der Waals surface area contributed by atoms with Crippen LogP contribution in [0.3, 0.4) is 0 Å². The van der Waals surface area contributed by atoms with Gasteiger partial charge >= 0.3 is 5.72 Å². The molecule has 18 heavy (non-hydrogen) atoms. The minimum Gasteiger partial charge on any atom is -0.324 e. The average Bonchev–Trinajstić information content (AvgIpc) is 2.40. The summed E-state index contributed by atoms with van der Waals surface area (Å²) in [6.07, 6.45) is 4.74. The number of Topliss-reactive ketones (excluding diaryl/α,β-unsaturated/α-hetero) is 1. The minimum atomic E-state index is -2.20. The van der Waals surface area contributed by atoms with E-state index in [1.807, 2.05) is 0 Å². The topological polar surface area (TPSA) is 80.4 Å². The summed E-state index contributed by atoms with van der Waals surface area (Å²) in [4.78, 5) is 21.8. The van der Waals surface area contributed by atoms with Gasteiger partial charge in [0.05, 0.1) is 10.8 Å². The molecule has 5 heteroatoms. The fourth-order valence-corrected chi connectivity index (χ4v) is 1.70. The first-order valence-corrected chi connectivity index (χ1v) is 5.38. The van der Waals surface area contributed by atoms with Crippen molar-refractivity contribution in [1.29, 1.82) is 0 Å². The van der Waals surface area contributed by atoms with Crippen molar-refractivity contribution in [1.82, 2.24) is 0 Å². The number of benzene rings is 1. The predicted octanol–water partition coefficient (Wildman–Crippen LogP) is 1.58. The molecule has 1 aromatic carbocycles. The number of nitro groups is 1. The van der Waals surface area contributed by atoms with Gasteiger partial charge in [-0.2, -0.15) is 0 Å². The van der Waals surface area contributed by atoms with Gasteiger partial charge in [-0.15, -0.1) is 0 Å². The fraction of sp³-hybridized carbons (Fsp3) is 0.154. The Kier molecular flexibility index (Phi) is 3.08. The summed E-state index contributed by atoms with van der Waals surface area (Å²) in [5, 5.41) is 20.1. The SMILES string of the molecule is O=C(c1ccccc1)C1C=CC(O)([N+](=O)[O-])C=C1. The van der Waals surface area contributed by atoms with E-state index in [2.05, 4.69) is 0 Å². The lowest BCUT2D eigenvalue weighted by molar-refractivity contribution is -0.591. The minimum absolute atomic E-state index is 0.159. The van der Waals surface area contributed by atoms with Crippen molar-refractivity contribution in [3.63, 3.8) is 0 Å². The van der Waals surface area contributed by atoms with E-state index in [9.17, 15) is 20.0 Å². The number of rotatable bonds is 3. The number of hydrogen-bond acceptors (Lipinski definition) is 4. The molecule has 0 aliphatic heterocycles. The number of carbonyl (C=O) groups excluding carboxylic acids is 1. The molecule has 1 aliphatic rings. The lowest BCUT2D eigenvalue weighted by atomic mass is 9.91. The monoisotopic (exact) mass is 245 g/mol. The summed E-state index contributed by atoms with van der Waals surface area (Å²) >= 11 is 0. The molecule has 0 spiro atoms. The van der Waals surface area contributed by atoms with Crippen LogP contribution in [0.15, 0.2) is 54.6 Å². The van der Waals surface area contributed by atoms with Gasteiger partial charge in [0.2, 0.25) is 0 Å². The van der Waals surface area contributed by atoms with Crippen molar-refractivity contribution in [3.8, 4) is 0 Å². The van der Waals surface area contributed by atoms with Gasteiger partial charge in [0.25, 0.3) is 0 Å². The van der Waals surface area contributed by atoms with E-state index in [0.717, 1.165) is 12.2 Å². The molecule has 0 atom stereocenters. The Hall–Kier alpha value is -2.27. The molecule has 1 N–H and O–H groups in total. The number of hydrogen-bond donors (Lipinski definition) is 1. The van der Waals surface area contributed by atoms with Crippen LogP contribution in [0.1, 0.15) is 10.4 Å². The van der Waals surface area contributed by atoms with E-state index in [1.165, 1.54) is 12.2 Å². The molecular weight excluding hydrogens is 234 g/mol. The summed E-state index contributed by atoms with van der Waals surface area (Å²) in [6, 6.07) is 8.65. The molecule has 1 aliphatic carbocycles. The van der Waals surface area contributed by atoms with E-state index in [0.29, 0.717) is 5.56 Å². The first kappa shape index (κ1) is 12.2. The van der Waals surface area contributed by atoms with Crippen LogP contribution in [0.2, 0.25) is 0 Å². The van der Waals surface area contributed by atoms with Gasteiger partial charge in [0.15, 0.2) is 5.78 Å². The molecule has 2 rings (SSSR count). The van der Waals surface area contributed by atoms with Crippen LogP contribution in [0, 0.1) is 16.0 Å². The van der Waals surface area contributed by atoms with Crippen LogP contribution in [-0.2, 0) is 0 Å². The summed E-state index contributed by atoms with van der Waals surface area (Å²) in [5.41, 5.74) is -1.67. The van der Waals surface area contributed by atoms with Crippen LogP contribution in [-0.4, -0.2) is 21.5 Å².